The summed E-state index contributed by atoms with van der Waals surface area (Å²) < 4.78 is 0. The number of hydrogen-bond donors (Lipinski definition) is 3. The summed E-state index contributed by atoms with van der Waals surface area (Å²) in [5.74, 6) is -0.438. The summed E-state index contributed by atoms with van der Waals surface area (Å²) >= 11 is 1.44. The summed E-state index contributed by atoms with van der Waals surface area (Å²) in [6, 6.07) is 8.31. The zero-order valence-electron chi connectivity index (χ0n) is 11.8. The van der Waals surface area contributed by atoms with Crippen molar-refractivity contribution in [3.05, 3.63) is 46.2 Å². The summed E-state index contributed by atoms with van der Waals surface area (Å²) in [6.07, 6.45) is 0. The van der Waals surface area contributed by atoms with Gasteiger partial charge in [-0.25, -0.2) is 0 Å². The Morgan fingerprint density at radius 1 is 1.24 bits per heavy atom. The van der Waals surface area contributed by atoms with E-state index >= 15 is 0 Å². The van der Waals surface area contributed by atoms with E-state index in [1.54, 1.807) is 12.1 Å². The zero-order chi connectivity index (χ0) is 15.4. The molecule has 110 valence electrons. The van der Waals surface area contributed by atoms with E-state index in [-0.39, 0.29) is 11.8 Å². The van der Waals surface area contributed by atoms with Gasteiger partial charge in [-0.3, -0.25) is 9.59 Å². The Bertz CT molecular complexity index is 653. The molecule has 6 heteroatoms. The minimum Gasteiger partial charge on any atom is -0.326 e. The molecule has 0 aliphatic heterocycles. The molecule has 0 radical (unpaired) electrons. The first-order chi connectivity index (χ1) is 9.97. The Labute approximate surface area is 127 Å². The van der Waals surface area contributed by atoms with Crippen LogP contribution < -0.4 is 16.4 Å². The lowest BCUT2D eigenvalue weighted by atomic mass is 10.1. The van der Waals surface area contributed by atoms with Crippen molar-refractivity contribution in [2.45, 2.75) is 19.9 Å². The predicted octanol–water partition coefficient (Wildman–Crippen LogP) is 2.65. The number of benzene rings is 1. The van der Waals surface area contributed by atoms with Gasteiger partial charge in [0.2, 0.25) is 11.8 Å². The number of hydrogen-bond acceptors (Lipinski definition) is 4. The molecule has 0 aliphatic carbocycles. The van der Waals surface area contributed by atoms with E-state index in [1.165, 1.54) is 18.3 Å². The van der Waals surface area contributed by atoms with Crippen LogP contribution in [0.3, 0.4) is 0 Å². The molecule has 0 bridgehead atoms. The number of thiophene rings is 1. The summed E-state index contributed by atoms with van der Waals surface area (Å²) in [7, 11) is 0. The van der Waals surface area contributed by atoms with Crippen LogP contribution in [0.2, 0.25) is 0 Å². The van der Waals surface area contributed by atoms with Crippen molar-refractivity contribution in [2.24, 2.45) is 5.73 Å². The number of nitrogens with one attached hydrogen (secondary N) is 2. The van der Waals surface area contributed by atoms with Crippen LogP contribution in [-0.4, -0.2) is 11.8 Å². The van der Waals surface area contributed by atoms with Gasteiger partial charge in [-0.1, -0.05) is 12.1 Å². The van der Waals surface area contributed by atoms with Crippen molar-refractivity contribution in [1.29, 1.82) is 0 Å². The molecular weight excluding hydrogens is 286 g/mol. The minimum atomic E-state index is -0.699. The van der Waals surface area contributed by atoms with Gasteiger partial charge in [-0.2, -0.15) is 0 Å². The van der Waals surface area contributed by atoms with Gasteiger partial charge in [-0.05, 0) is 36.1 Å². The van der Waals surface area contributed by atoms with E-state index in [4.69, 9.17) is 5.73 Å². The van der Waals surface area contributed by atoms with Gasteiger partial charge >= 0.3 is 0 Å². The summed E-state index contributed by atoms with van der Waals surface area (Å²) in [4.78, 5) is 24.1. The number of carbonyl (C=O) groups excluding carboxylic acids is 2. The van der Waals surface area contributed by atoms with Gasteiger partial charge in [0.25, 0.3) is 0 Å². The van der Waals surface area contributed by atoms with E-state index < -0.39 is 6.04 Å². The van der Waals surface area contributed by atoms with Crippen LogP contribution in [0.25, 0.3) is 0 Å². The third-order valence-corrected chi connectivity index (χ3v) is 3.90. The fourth-order valence-electron chi connectivity index (χ4n) is 1.84. The number of amides is 2. The predicted molar refractivity (Wildman–Crippen MR) is 85.4 cm³/mol. The molecular formula is C15H17N3O2S. The SMILES string of the molecule is CC(=O)Nc1cc(NC(=O)C(N)c2cccs2)ccc1C. The normalized spacial score (nSPS) is 11.8. The zero-order valence-corrected chi connectivity index (χ0v) is 12.7. The van der Waals surface area contributed by atoms with Crippen molar-refractivity contribution in [3.8, 4) is 0 Å². The van der Waals surface area contributed by atoms with Gasteiger partial charge in [0.15, 0.2) is 0 Å². The lowest BCUT2D eigenvalue weighted by Crippen LogP contribution is -2.27. The van der Waals surface area contributed by atoms with Gasteiger partial charge in [0, 0.05) is 23.2 Å². The van der Waals surface area contributed by atoms with E-state index in [2.05, 4.69) is 10.6 Å². The topological polar surface area (TPSA) is 84.2 Å². The average molecular weight is 303 g/mol. The molecule has 4 N–H and O–H groups in total. The third-order valence-electron chi connectivity index (χ3n) is 2.95. The molecule has 0 saturated carbocycles. The van der Waals surface area contributed by atoms with Crippen LogP contribution in [0.15, 0.2) is 35.7 Å². The molecule has 1 aromatic heterocycles. The highest BCUT2D eigenvalue weighted by atomic mass is 32.1. The first kappa shape index (κ1) is 15.2. The van der Waals surface area contributed by atoms with Crippen LogP contribution in [0.1, 0.15) is 23.4 Å². The molecule has 1 heterocycles. The van der Waals surface area contributed by atoms with Crippen molar-refractivity contribution < 1.29 is 9.59 Å². The second-order valence-corrected chi connectivity index (χ2v) is 5.67. The van der Waals surface area contributed by atoms with Gasteiger partial charge in [0.05, 0.1) is 0 Å². The molecule has 0 fully saturated rings. The van der Waals surface area contributed by atoms with Crippen LogP contribution in [0.4, 0.5) is 11.4 Å². The highest BCUT2D eigenvalue weighted by Crippen LogP contribution is 2.22. The van der Waals surface area contributed by atoms with Gasteiger partial charge in [-0.15, -0.1) is 11.3 Å². The van der Waals surface area contributed by atoms with Crippen LogP contribution in [0.5, 0.6) is 0 Å². The number of carbonyl (C=O) groups is 2. The maximum atomic E-state index is 12.1. The van der Waals surface area contributed by atoms with Crippen molar-refractivity contribution in [1.82, 2.24) is 0 Å². The van der Waals surface area contributed by atoms with Crippen molar-refractivity contribution in [2.75, 3.05) is 10.6 Å². The Morgan fingerprint density at radius 3 is 2.62 bits per heavy atom. The molecule has 2 rings (SSSR count). The molecule has 0 aliphatic rings. The number of rotatable bonds is 4. The fraction of sp³-hybridized carbons (Fsp3) is 0.200. The Hall–Kier alpha value is -2.18. The highest BCUT2D eigenvalue weighted by molar-refractivity contribution is 7.10. The van der Waals surface area contributed by atoms with E-state index in [1.807, 2.05) is 30.5 Å². The molecule has 0 saturated heterocycles. The lowest BCUT2D eigenvalue weighted by molar-refractivity contribution is -0.117. The average Bonchev–Trinajstić information content (AvgIpc) is 2.95. The molecule has 1 aromatic carbocycles. The maximum Gasteiger partial charge on any atom is 0.246 e. The summed E-state index contributed by atoms with van der Waals surface area (Å²) in [5, 5.41) is 7.36. The first-order valence-electron chi connectivity index (χ1n) is 6.45. The quantitative estimate of drug-likeness (QED) is 0.812. The maximum absolute atomic E-state index is 12.1. The Morgan fingerprint density at radius 2 is 2.00 bits per heavy atom. The smallest absolute Gasteiger partial charge is 0.246 e. The fourth-order valence-corrected chi connectivity index (χ4v) is 2.57. The van der Waals surface area contributed by atoms with Gasteiger partial charge in [0.1, 0.15) is 6.04 Å². The van der Waals surface area contributed by atoms with Crippen molar-refractivity contribution in [3.63, 3.8) is 0 Å². The van der Waals surface area contributed by atoms with E-state index in [9.17, 15) is 9.59 Å². The molecule has 1 unspecified atom stereocenters. The summed E-state index contributed by atoms with van der Waals surface area (Å²) in [6.45, 7) is 3.33. The van der Waals surface area contributed by atoms with Crippen LogP contribution in [0, 0.1) is 6.92 Å². The van der Waals surface area contributed by atoms with E-state index in [0.29, 0.717) is 11.4 Å². The molecule has 0 spiro atoms. The summed E-state index contributed by atoms with van der Waals surface area (Å²) in [5.41, 5.74) is 8.10. The largest absolute Gasteiger partial charge is 0.326 e. The second kappa shape index (κ2) is 6.51. The molecule has 2 aromatic rings. The monoisotopic (exact) mass is 303 g/mol. The molecule has 21 heavy (non-hydrogen) atoms. The minimum absolute atomic E-state index is 0.156. The van der Waals surface area contributed by atoms with Crippen LogP contribution in [-0.2, 0) is 9.59 Å². The molecule has 1 atom stereocenters. The Balaban J connectivity index is 2.12. The van der Waals surface area contributed by atoms with E-state index in [0.717, 1.165) is 10.4 Å². The number of aryl methyl sites for hydroxylation is 1. The first-order valence-corrected chi connectivity index (χ1v) is 7.33. The van der Waals surface area contributed by atoms with Gasteiger partial charge < -0.3 is 16.4 Å². The number of anilines is 2. The van der Waals surface area contributed by atoms with Crippen LogP contribution >= 0.6 is 11.3 Å². The second-order valence-electron chi connectivity index (χ2n) is 4.69. The standard InChI is InChI=1S/C15H17N3O2S/c1-9-5-6-11(8-12(9)17-10(2)19)18-15(20)14(16)13-4-3-7-21-13/h3-8,14H,16H2,1-2H3,(H,17,19)(H,18,20). The third kappa shape index (κ3) is 3.90. The molecule has 2 amide bonds. The Kier molecular flexibility index (Phi) is 4.72. The number of nitrogens with two attached hydrogens (primary N) is 1. The highest BCUT2D eigenvalue weighted by Gasteiger charge is 2.17. The molecule has 5 nitrogen and oxygen atoms in total. The van der Waals surface area contributed by atoms with Crippen molar-refractivity contribution >= 4 is 34.5 Å². The lowest BCUT2D eigenvalue weighted by Gasteiger charge is -2.13.